The van der Waals surface area contributed by atoms with Crippen LogP contribution in [0.3, 0.4) is 0 Å². The van der Waals surface area contributed by atoms with E-state index in [1.165, 1.54) is 36.7 Å². The molecule has 0 atom stereocenters. The van der Waals surface area contributed by atoms with Gasteiger partial charge in [-0.05, 0) is 38.1 Å². The highest BCUT2D eigenvalue weighted by Crippen LogP contribution is 2.27. The summed E-state index contributed by atoms with van der Waals surface area (Å²) < 4.78 is 23.2. The third kappa shape index (κ3) is 6.93. The van der Waals surface area contributed by atoms with Crippen molar-refractivity contribution < 1.29 is 28.8 Å². The van der Waals surface area contributed by atoms with Crippen LogP contribution in [-0.2, 0) is 36.3 Å². The predicted molar refractivity (Wildman–Crippen MR) is 149 cm³/mol. The number of anilines is 4. The van der Waals surface area contributed by atoms with Crippen LogP contribution in [0.15, 0.2) is 41.6 Å². The number of aryl methyl sites for hydroxylation is 2. The lowest BCUT2D eigenvalue weighted by Crippen LogP contribution is -2.13. The maximum absolute atomic E-state index is 11.6. The Morgan fingerprint density at radius 3 is 1.61 bits per heavy atom. The summed E-state index contributed by atoms with van der Waals surface area (Å²) in [4.78, 5) is 21.1. The van der Waals surface area contributed by atoms with Crippen LogP contribution in [-0.4, -0.2) is 53.8 Å². The fraction of sp³-hybridized carbons (Fsp3) is 0.240. The second kappa shape index (κ2) is 12.3. The van der Waals surface area contributed by atoms with Crippen molar-refractivity contribution in [2.24, 2.45) is 5.14 Å². The number of aromatic nitrogens is 5. The number of aromatic hydroxyl groups is 2. The van der Waals surface area contributed by atoms with E-state index < -0.39 is 10.0 Å². The maximum atomic E-state index is 11.6. The molecule has 0 bridgehead atoms. The highest BCUT2D eigenvalue weighted by atomic mass is 32.2. The van der Waals surface area contributed by atoms with Crippen LogP contribution < -0.4 is 21.1 Å². The molecule has 0 radical (unpaired) electrons. The zero-order valence-electron chi connectivity index (χ0n) is 22.1. The number of primary sulfonamides is 1. The zero-order chi connectivity index (χ0) is 29.7. The molecule has 15 nitrogen and oxygen atoms in total. The van der Waals surface area contributed by atoms with E-state index in [0.29, 0.717) is 39.3 Å². The van der Waals surface area contributed by atoms with E-state index >= 15 is 0 Å². The number of aliphatic hydroxyl groups excluding tert-OH is 2. The maximum Gasteiger partial charge on any atom is 0.238 e. The molecule has 4 rings (SSSR count). The minimum absolute atomic E-state index is 0.0377. The summed E-state index contributed by atoms with van der Waals surface area (Å²) in [6.07, 6.45) is 2.93. The lowest BCUT2D eigenvalue weighted by Gasteiger charge is -2.15. The quantitative estimate of drug-likeness (QED) is 0.124. The first-order valence-electron chi connectivity index (χ1n) is 12.2. The summed E-state index contributed by atoms with van der Waals surface area (Å²) >= 11 is 0. The molecule has 216 valence electrons. The van der Waals surface area contributed by atoms with Gasteiger partial charge >= 0.3 is 0 Å². The van der Waals surface area contributed by atoms with Gasteiger partial charge in [-0.3, -0.25) is 9.97 Å². The zero-order valence-corrected chi connectivity index (χ0v) is 22.9. The van der Waals surface area contributed by atoms with Gasteiger partial charge in [-0.2, -0.15) is 15.0 Å². The van der Waals surface area contributed by atoms with Gasteiger partial charge < -0.3 is 36.4 Å². The summed E-state index contributed by atoms with van der Waals surface area (Å²) in [6.45, 7) is 2.65. The summed E-state index contributed by atoms with van der Waals surface area (Å²) in [5.74, 6) is 0.0841. The number of pyridine rings is 2. The smallest absolute Gasteiger partial charge is 0.238 e. The molecule has 0 aliphatic heterocycles. The number of rotatable bonds is 11. The van der Waals surface area contributed by atoms with E-state index in [0.717, 1.165) is 0 Å². The van der Waals surface area contributed by atoms with Crippen molar-refractivity contribution in [3.63, 3.8) is 0 Å². The van der Waals surface area contributed by atoms with Gasteiger partial charge in [-0.15, -0.1) is 0 Å². The molecule has 0 amide bonds. The van der Waals surface area contributed by atoms with E-state index in [2.05, 4.69) is 40.9 Å². The fourth-order valence-electron chi connectivity index (χ4n) is 3.82. The largest absolute Gasteiger partial charge is 0.506 e. The topological polar surface area (TPSA) is 242 Å². The number of nitrogens with one attached hydrogen (secondary N) is 3. The summed E-state index contributed by atoms with van der Waals surface area (Å²) in [5.41, 5.74) is 2.88. The Labute approximate surface area is 235 Å². The Morgan fingerprint density at radius 1 is 0.756 bits per heavy atom. The normalized spacial score (nSPS) is 11.3. The molecule has 16 heteroatoms. The molecule has 0 saturated carbocycles. The van der Waals surface area contributed by atoms with Gasteiger partial charge in [0, 0.05) is 53.4 Å². The lowest BCUT2D eigenvalue weighted by atomic mass is 10.1. The molecule has 0 unspecified atom stereocenters. The van der Waals surface area contributed by atoms with E-state index in [1.807, 2.05) is 0 Å². The van der Waals surface area contributed by atoms with Crippen molar-refractivity contribution >= 4 is 33.6 Å². The summed E-state index contributed by atoms with van der Waals surface area (Å²) in [6, 6.07) is 5.63. The van der Waals surface area contributed by atoms with Crippen LogP contribution in [0.5, 0.6) is 11.5 Å². The number of nitrogens with zero attached hydrogens (tertiary/aromatic N) is 5. The number of benzene rings is 1. The summed E-state index contributed by atoms with van der Waals surface area (Å²) in [5, 5.41) is 54.5. The molecule has 3 heterocycles. The van der Waals surface area contributed by atoms with Crippen LogP contribution in [0.4, 0.5) is 23.5 Å². The van der Waals surface area contributed by atoms with Crippen molar-refractivity contribution in [3.05, 3.63) is 70.3 Å². The SMILES string of the molecule is Cc1ncc(CO)c(CNc2nc(NCc3c(CO)cnc(C)c3O)nc(Nc3ccc(S(N)(=O)=O)cc3)n2)c1O. The van der Waals surface area contributed by atoms with E-state index in [1.54, 1.807) is 13.8 Å². The Balaban J connectivity index is 1.65. The van der Waals surface area contributed by atoms with Gasteiger partial charge in [0.2, 0.25) is 27.9 Å². The molecule has 4 aromatic rings. The Bertz CT molecular complexity index is 1590. The number of nitrogens with two attached hydrogens (primary N) is 1. The van der Waals surface area contributed by atoms with Gasteiger partial charge in [-0.1, -0.05) is 0 Å². The number of sulfonamides is 1. The van der Waals surface area contributed by atoms with Crippen molar-refractivity contribution in [2.45, 2.75) is 45.0 Å². The third-order valence-corrected chi connectivity index (χ3v) is 7.05. The monoisotopic (exact) mass is 583 g/mol. The Hall–Kier alpha value is -4.64. The van der Waals surface area contributed by atoms with Crippen LogP contribution in [0, 0.1) is 13.8 Å². The summed E-state index contributed by atoms with van der Waals surface area (Å²) in [7, 11) is -3.87. The first-order chi connectivity index (χ1) is 19.5. The molecular formula is C25H29N9O6S. The van der Waals surface area contributed by atoms with Crippen LogP contribution in [0.1, 0.15) is 33.6 Å². The number of hydrogen-bond donors (Lipinski definition) is 8. The van der Waals surface area contributed by atoms with Gasteiger partial charge in [0.15, 0.2) is 0 Å². The molecule has 0 aliphatic rings. The van der Waals surface area contributed by atoms with Gasteiger partial charge in [0.25, 0.3) is 0 Å². The first kappa shape index (κ1) is 29.3. The highest BCUT2D eigenvalue weighted by molar-refractivity contribution is 7.89. The van der Waals surface area contributed by atoms with Gasteiger partial charge in [0.1, 0.15) is 11.5 Å². The fourth-order valence-corrected chi connectivity index (χ4v) is 4.33. The number of aliphatic hydroxyl groups is 2. The minimum Gasteiger partial charge on any atom is -0.506 e. The third-order valence-electron chi connectivity index (χ3n) is 6.12. The average molecular weight is 584 g/mol. The van der Waals surface area contributed by atoms with Crippen LogP contribution >= 0.6 is 0 Å². The lowest BCUT2D eigenvalue weighted by molar-refractivity contribution is 0.279. The van der Waals surface area contributed by atoms with E-state index in [4.69, 9.17) is 5.14 Å². The number of hydrogen-bond acceptors (Lipinski definition) is 14. The molecule has 3 aromatic heterocycles. The van der Waals surface area contributed by atoms with Crippen LogP contribution in [0.2, 0.25) is 0 Å². The minimum atomic E-state index is -3.87. The second-order valence-electron chi connectivity index (χ2n) is 8.92. The molecular weight excluding hydrogens is 554 g/mol. The molecule has 0 aliphatic carbocycles. The highest BCUT2D eigenvalue weighted by Gasteiger charge is 2.16. The van der Waals surface area contributed by atoms with Crippen molar-refractivity contribution in [2.75, 3.05) is 16.0 Å². The van der Waals surface area contributed by atoms with E-state index in [9.17, 15) is 28.8 Å². The van der Waals surface area contributed by atoms with Crippen molar-refractivity contribution in [1.82, 2.24) is 24.9 Å². The van der Waals surface area contributed by atoms with Crippen molar-refractivity contribution in [3.8, 4) is 11.5 Å². The molecule has 0 spiro atoms. The molecule has 9 N–H and O–H groups in total. The molecule has 0 saturated heterocycles. The second-order valence-corrected chi connectivity index (χ2v) is 10.5. The standard InChI is InChI=1S/C25H29N9O6S/c1-13-21(37)19(15(11-35)7-27-13)9-29-23-32-24(30-10-20-16(12-36)8-28-14(2)22(20)38)34-25(33-23)31-17-3-5-18(6-4-17)41(26,39)40/h3-8,35-38H,9-12H2,1-2H3,(H2,26,39,40)(H3,29,30,31,32,33,34). The van der Waals surface area contributed by atoms with Gasteiger partial charge in [-0.25, -0.2) is 13.6 Å². The molecule has 41 heavy (non-hydrogen) atoms. The average Bonchev–Trinajstić information content (AvgIpc) is 2.94. The van der Waals surface area contributed by atoms with Crippen molar-refractivity contribution in [1.29, 1.82) is 0 Å². The van der Waals surface area contributed by atoms with Crippen LogP contribution in [0.25, 0.3) is 0 Å². The molecule has 1 aromatic carbocycles. The molecule has 0 fully saturated rings. The predicted octanol–water partition coefficient (Wildman–Crippen LogP) is 1.29. The first-order valence-corrected chi connectivity index (χ1v) is 13.7. The Morgan fingerprint density at radius 2 is 1.20 bits per heavy atom. The van der Waals surface area contributed by atoms with E-state index in [-0.39, 0.29) is 60.5 Å². The Kier molecular flexibility index (Phi) is 8.77. The van der Waals surface area contributed by atoms with Gasteiger partial charge in [0.05, 0.1) is 29.5 Å².